The fourth-order valence-corrected chi connectivity index (χ4v) is 3.52. The fourth-order valence-electron chi connectivity index (χ4n) is 1.48. The summed E-state index contributed by atoms with van der Waals surface area (Å²) in [4.78, 5) is 11.0. The Morgan fingerprint density at radius 1 is 1.31 bits per heavy atom. The number of hydrogen-bond acceptors (Lipinski definition) is 3. The van der Waals surface area contributed by atoms with Crippen LogP contribution in [-0.2, 0) is 14.8 Å². The maximum absolute atomic E-state index is 11.9. The van der Waals surface area contributed by atoms with Crippen LogP contribution in [0.1, 0.15) is 40.5 Å². The van der Waals surface area contributed by atoms with Crippen LogP contribution in [0, 0.1) is 0 Å². The Kier molecular flexibility index (Phi) is 5.41. The van der Waals surface area contributed by atoms with Gasteiger partial charge in [0.05, 0.1) is 5.75 Å². The molecule has 0 aliphatic rings. The molecule has 0 spiro atoms. The van der Waals surface area contributed by atoms with Gasteiger partial charge in [-0.2, -0.15) is 4.31 Å². The van der Waals surface area contributed by atoms with Crippen LogP contribution in [0.5, 0.6) is 0 Å². The summed E-state index contributed by atoms with van der Waals surface area (Å²) in [5.41, 5.74) is -1.39. The molecule has 0 saturated carbocycles. The highest BCUT2D eigenvalue weighted by Crippen LogP contribution is 2.20. The minimum atomic E-state index is -3.48. The predicted octanol–water partition coefficient (Wildman–Crippen LogP) is 1.30. The van der Waals surface area contributed by atoms with Crippen LogP contribution >= 0.6 is 0 Å². The van der Waals surface area contributed by atoms with Gasteiger partial charge in [0.25, 0.3) is 0 Å². The molecule has 0 radical (unpaired) electrons. The van der Waals surface area contributed by atoms with Crippen molar-refractivity contribution in [1.29, 1.82) is 0 Å². The van der Waals surface area contributed by atoms with Crippen molar-refractivity contribution in [2.45, 2.75) is 46.1 Å². The Hall–Kier alpha value is -0.620. The minimum Gasteiger partial charge on any atom is -0.480 e. The molecule has 0 fully saturated rings. The molecule has 16 heavy (non-hydrogen) atoms. The number of unbranched alkanes of at least 4 members (excludes halogenated alkanes) is 1. The molecule has 0 aliphatic heterocycles. The number of aliphatic carboxylic acids is 1. The first kappa shape index (κ1) is 15.4. The van der Waals surface area contributed by atoms with E-state index in [0.717, 1.165) is 10.7 Å². The van der Waals surface area contributed by atoms with E-state index in [9.17, 15) is 13.2 Å². The summed E-state index contributed by atoms with van der Waals surface area (Å²) in [6.07, 6.45) is 1.32. The Morgan fingerprint density at radius 3 is 2.12 bits per heavy atom. The van der Waals surface area contributed by atoms with Crippen LogP contribution < -0.4 is 0 Å². The number of rotatable bonds is 7. The summed E-state index contributed by atoms with van der Waals surface area (Å²) in [7, 11) is -3.48. The van der Waals surface area contributed by atoms with Gasteiger partial charge in [-0.05, 0) is 20.3 Å². The summed E-state index contributed by atoms with van der Waals surface area (Å²) >= 11 is 0. The van der Waals surface area contributed by atoms with Gasteiger partial charge in [0.2, 0.25) is 10.0 Å². The molecule has 0 rings (SSSR count). The van der Waals surface area contributed by atoms with Crippen LogP contribution in [0.2, 0.25) is 0 Å². The van der Waals surface area contributed by atoms with Crippen molar-refractivity contribution in [3.05, 3.63) is 0 Å². The molecule has 0 aromatic rings. The van der Waals surface area contributed by atoms with Crippen LogP contribution in [0.4, 0.5) is 0 Å². The Labute approximate surface area is 97.5 Å². The van der Waals surface area contributed by atoms with Gasteiger partial charge in [0.1, 0.15) is 5.54 Å². The van der Waals surface area contributed by atoms with E-state index >= 15 is 0 Å². The number of likely N-dealkylation sites (N-methyl/N-ethyl adjacent to an activating group) is 1. The van der Waals surface area contributed by atoms with Crippen LogP contribution in [0.15, 0.2) is 0 Å². The molecular weight excluding hydrogens is 230 g/mol. The predicted molar refractivity (Wildman–Crippen MR) is 62.8 cm³/mol. The Balaban J connectivity index is 5.07. The molecule has 0 amide bonds. The summed E-state index contributed by atoms with van der Waals surface area (Å²) in [5, 5.41) is 9.03. The number of hydrogen-bond donors (Lipinski definition) is 1. The molecule has 6 heteroatoms. The summed E-state index contributed by atoms with van der Waals surface area (Å²) < 4.78 is 24.9. The summed E-state index contributed by atoms with van der Waals surface area (Å²) in [5.74, 6) is -1.12. The first-order valence-electron chi connectivity index (χ1n) is 5.44. The van der Waals surface area contributed by atoms with E-state index < -0.39 is 21.5 Å². The molecule has 1 N–H and O–H groups in total. The molecular formula is C10H21NO4S. The third-order valence-corrected chi connectivity index (χ3v) is 4.72. The van der Waals surface area contributed by atoms with Crippen LogP contribution in [-0.4, -0.2) is 41.6 Å². The Bertz CT molecular complexity index is 335. The van der Waals surface area contributed by atoms with Crippen molar-refractivity contribution in [3.8, 4) is 0 Å². The molecule has 0 saturated heterocycles. The second-order valence-electron chi connectivity index (χ2n) is 4.20. The standard InChI is InChI=1S/C10H21NO4S/c1-5-7-8-16(14,15)11(6-2)10(3,4)9(12)13/h5-8H2,1-4H3,(H,12,13). The maximum atomic E-state index is 11.9. The SMILES string of the molecule is CCCCS(=O)(=O)N(CC)C(C)(C)C(=O)O. The average molecular weight is 251 g/mol. The number of carboxylic acids is 1. The van der Waals surface area contributed by atoms with Crippen molar-refractivity contribution in [1.82, 2.24) is 4.31 Å². The molecule has 0 bridgehead atoms. The van der Waals surface area contributed by atoms with Gasteiger partial charge in [0, 0.05) is 6.54 Å². The molecule has 0 aliphatic carbocycles. The van der Waals surface area contributed by atoms with E-state index in [1.807, 2.05) is 6.92 Å². The average Bonchev–Trinajstić information content (AvgIpc) is 2.14. The van der Waals surface area contributed by atoms with Crippen LogP contribution in [0.25, 0.3) is 0 Å². The van der Waals surface area contributed by atoms with E-state index in [0.29, 0.717) is 6.42 Å². The summed E-state index contributed by atoms with van der Waals surface area (Å²) in [6, 6.07) is 0. The molecule has 0 aromatic heterocycles. The van der Waals surface area contributed by atoms with Gasteiger partial charge in [-0.1, -0.05) is 20.3 Å². The Morgan fingerprint density at radius 2 is 1.81 bits per heavy atom. The van der Waals surface area contributed by atoms with Crippen molar-refractivity contribution in [2.24, 2.45) is 0 Å². The lowest BCUT2D eigenvalue weighted by Gasteiger charge is -2.33. The van der Waals surface area contributed by atoms with E-state index in [4.69, 9.17) is 5.11 Å². The zero-order chi connectivity index (χ0) is 13.0. The van der Waals surface area contributed by atoms with Gasteiger partial charge in [-0.3, -0.25) is 4.79 Å². The highest BCUT2D eigenvalue weighted by molar-refractivity contribution is 7.89. The molecule has 96 valence electrons. The lowest BCUT2D eigenvalue weighted by Crippen LogP contribution is -2.53. The zero-order valence-corrected chi connectivity index (χ0v) is 11.2. The highest BCUT2D eigenvalue weighted by atomic mass is 32.2. The fraction of sp³-hybridized carbons (Fsp3) is 0.900. The molecule has 0 heterocycles. The lowest BCUT2D eigenvalue weighted by atomic mass is 10.1. The normalized spacial score (nSPS) is 13.1. The molecule has 0 atom stereocenters. The van der Waals surface area contributed by atoms with Crippen LogP contribution in [0.3, 0.4) is 0 Å². The third-order valence-electron chi connectivity index (χ3n) is 2.53. The molecule has 0 unspecified atom stereocenters. The number of nitrogens with zero attached hydrogens (tertiary/aromatic N) is 1. The van der Waals surface area contributed by atoms with Gasteiger partial charge in [-0.25, -0.2) is 8.42 Å². The monoisotopic (exact) mass is 251 g/mol. The van der Waals surface area contributed by atoms with Gasteiger partial charge in [-0.15, -0.1) is 0 Å². The van der Waals surface area contributed by atoms with Crippen molar-refractivity contribution in [2.75, 3.05) is 12.3 Å². The van der Waals surface area contributed by atoms with Crippen molar-refractivity contribution >= 4 is 16.0 Å². The number of carboxylic acid groups (broad SMARTS) is 1. The lowest BCUT2D eigenvalue weighted by molar-refractivity contribution is -0.146. The first-order valence-corrected chi connectivity index (χ1v) is 7.05. The molecule has 0 aromatic carbocycles. The smallest absolute Gasteiger partial charge is 0.324 e. The molecule has 5 nitrogen and oxygen atoms in total. The van der Waals surface area contributed by atoms with E-state index in [1.54, 1.807) is 6.92 Å². The maximum Gasteiger partial charge on any atom is 0.324 e. The summed E-state index contributed by atoms with van der Waals surface area (Å²) in [6.45, 7) is 6.53. The largest absolute Gasteiger partial charge is 0.480 e. The quantitative estimate of drug-likeness (QED) is 0.740. The van der Waals surface area contributed by atoms with E-state index in [1.165, 1.54) is 13.8 Å². The minimum absolute atomic E-state index is 0.00799. The number of carbonyl (C=O) groups is 1. The van der Waals surface area contributed by atoms with Gasteiger partial charge >= 0.3 is 5.97 Å². The highest BCUT2D eigenvalue weighted by Gasteiger charge is 2.40. The van der Waals surface area contributed by atoms with E-state index in [2.05, 4.69) is 0 Å². The zero-order valence-electron chi connectivity index (χ0n) is 10.4. The van der Waals surface area contributed by atoms with Crippen molar-refractivity contribution < 1.29 is 18.3 Å². The van der Waals surface area contributed by atoms with E-state index in [-0.39, 0.29) is 12.3 Å². The first-order chi connectivity index (χ1) is 7.20. The van der Waals surface area contributed by atoms with Gasteiger partial charge < -0.3 is 5.11 Å². The third kappa shape index (κ3) is 3.45. The topological polar surface area (TPSA) is 74.7 Å². The second kappa shape index (κ2) is 5.63. The van der Waals surface area contributed by atoms with Crippen molar-refractivity contribution in [3.63, 3.8) is 0 Å². The number of sulfonamides is 1. The van der Waals surface area contributed by atoms with Gasteiger partial charge in [0.15, 0.2) is 0 Å². The second-order valence-corrected chi connectivity index (χ2v) is 6.21.